The summed E-state index contributed by atoms with van der Waals surface area (Å²) < 4.78 is 41.9. The number of nitrogens with zero attached hydrogens (tertiary/aromatic N) is 1. The van der Waals surface area contributed by atoms with Gasteiger partial charge < -0.3 is 10.1 Å². The van der Waals surface area contributed by atoms with Gasteiger partial charge in [-0.1, -0.05) is 39.1 Å². The number of rotatable bonds is 4. The van der Waals surface area contributed by atoms with E-state index < -0.39 is 12.1 Å². The molecule has 0 aliphatic heterocycles. The Hall–Kier alpha value is -0.700. The first-order valence-electron chi connectivity index (χ1n) is 5.33. The summed E-state index contributed by atoms with van der Waals surface area (Å²) >= 11 is 15.9. The Labute approximate surface area is 140 Å². The van der Waals surface area contributed by atoms with Crippen molar-refractivity contribution in [1.29, 1.82) is 0 Å². The average Bonchev–Trinajstić information content (AvgIpc) is 2.71. The summed E-state index contributed by atoms with van der Waals surface area (Å²) in [5.41, 5.74) is 0.0433. The first-order valence-corrected chi connectivity index (χ1v) is 7.70. The minimum absolute atomic E-state index is 0.0433. The molecular weight excluding hydrogens is 416 g/mol. The van der Waals surface area contributed by atoms with E-state index in [1.54, 1.807) is 0 Å². The molecule has 1 aromatic heterocycles. The van der Waals surface area contributed by atoms with E-state index in [1.807, 2.05) is 0 Å². The van der Waals surface area contributed by atoms with Crippen molar-refractivity contribution in [2.45, 2.75) is 12.9 Å². The molecule has 0 aliphatic carbocycles. The smallest absolute Gasteiger partial charge is 0.403 e. The molecule has 0 saturated carbocycles. The van der Waals surface area contributed by atoms with Gasteiger partial charge in [-0.15, -0.1) is 24.5 Å². The summed E-state index contributed by atoms with van der Waals surface area (Å²) in [5, 5.41) is 2.89. The molecule has 0 spiro atoms. The molecule has 0 saturated heterocycles. The molecule has 10 heteroatoms. The highest BCUT2D eigenvalue weighted by molar-refractivity contribution is 9.10. The second kappa shape index (κ2) is 6.60. The highest BCUT2D eigenvalue weighted by Gasteiger charge is 2.32. The predicted molar refractivity (Wildman–Crippen MR) is 80.3 cm³/mol. The van der Waals surface area contributed by atoms with Gasteiger partial charge in [-0.25, -0.2) is 4.98 Å². The van der Waals surface area contributed by atoms with Crippen molar-refractivity contribution in [3.05, 3.63) is 37.2 Å². The van der Waals surface area contributed by atoms with Gasteiger partial charge in [0, 0.05) is 15.5 Å². The van der Waals surface area contributed by atoms with Crippen molar-refractivity contribution in [2.24, 2.45) is 0 Å². The second-order valence-corrected chi connectivity index (χ2v) is 6.76. The van der Waals surface area contributed by atoms with Crippen LogP contribution in [-0.2, 0) is 6.54 Å². The molecule has 0 aliphatic rings. The Bertz CT molecular complexity index is 651. The zero-order valence-electron chi connectivity index (χ0n) is 9.97. The lowest BCUT2D eigenvalue weighted by Crippen LogP contribution is -2.18. The number of alkyl halides is 3. The summed E-state index contributed by atoms with van der Waals surface area (Å²) in [6, 6.07) is 2.65. The third-order valence-electron chi connectivity index (χ3n) is 2.21. The molecule has 2 aromatic rings. The van der Waals surface area contributed by atoms with Gasteiger partial charge >= 0.3 is 6.36 Å². The molecule has 0 radical (unpaired) electrons. The van der Waals surface area contributed by atoms with Crippen LogP contribution in [-0.4, -0.2) is 11.3 Å². The lowest BCUT2D eigenvalue weighted by atomic mass is 10.3. The van der Waals surface area contributed by atoms with E-state index in [2.05, 4.69) is 31.0 Å². The zero-order valence-corrected chi connectivity index (χ0v) is 13.9. The van der Waals surface area contributed by atoms with Gasteiger partial charge in [-0.2, -0.15) is 0 Å². The van der Waals surface area contributed by atoms with Crippen molar-refractivity contribution in [3.63, 3.8) is 0 Å². The molecule has 21 heavy (non-hydrogen) atoms. The summed E-state index contributed by atoms with van der Waals surface area (Å²) in [6.45, 7) is 0.222. The van der Waals surface area contributed by atoms with Crippen LogP contribution in [0, 0.1) is 0 Å². The molecule has 0 unspecified atom stereocenters. The van der Waals surface area contributed by atoms with Crippen molar-refractivity contribution in [2.75, 3.05) is 5.32 Å². The van der Waals surface area contributed by atoms with Gasteiger partial charge in [0.25, 0.3) is 0 Å². The lowest BCUT2D eigenvalue weighted by molar-refractivity contribution is -0.274. The van der Waals surface area contributed by atoms with E-state index in [9.17, 15) is 13.2 Å². The van der Waals surface area contributed by atoms with E-state index >= 15 is 0 Å². The van der Waals surface area contributed by atoms with E-state index in [1.165, 1.54) is 29.7 Å². The van der Waals surface area contributed by atoms with Crippen LogP contribution < -0.4 is 10.1 Å². The van der Waals surface area contributed by atoms with Gasteiger partial charge in [0.1, 0.15) is 0 Å². The molecule has 0 amide bonds. The van der Waals surface area contributed by atoms with Crippen LogP contribution in [0.3, 0.4) is 0 Å². The average molecular weight is 422 g/mol. The first-order chi connectivity index (χ1) is 9.74. The molecule has 1 aromatic carbocycles. The summed E-state index contributed by atoms with van der Waals surface area (Å²) in [6.07, 6.45) is -3.29. The fraction of sp³-hybridized carbons (Fsp3) is 0.182. The number of ether oxygens (including phenoxy) is 1. The van der Waals surface area contributed by atoms with Crippen LogP contribution in [0.1, 0.15) is 4.88 Å². The largest absolute Gasteiger partial charge is 0.573 e. The zero-order chi connectivity index (χ0) is 15.6. The van der Waals surface area contributed by atoms with E-state index in [0.29, 0.717) is 8.94 Å². The highest BCUT2D eigenvalue weighted by Crippen LogP contribution is 2.39. The Morgan fingerprint density at radius 2 is 2.05 bits per heavy atom. The standard InChI is InChI=1S/C11H6BrCl2F3N2OS/c12-5-1-7(13)9(8(2-5)20-11(15,16)17)18-3-6-4-19-10(14)21-6/h1-2,4,18H,3H2. The fourth-order valence-electron chi connectivity index (χ4n) is 1.47. The number of aromatic nitrogens is 1. The lowest BCUT2D eigenvalue weighted by Gasteiger charge is -2.16. The Balaban J connectivity index is 2.24. The van der Waals surface area contributed by atoms with E-state index in [4.69, 9.17) is 23.2 Å². The Morgan fingerprint density at radius 3 is 2.62 bits per heavy atom. The number of thiazole rings is 1. The Morgan fingerprint density at radius 1 is 1.33 bits per heavy atom. The predicted octanol–water partition coefficient (Wildman–Crippen LogP) is 5.72. The van der Waals surface area contributed by atoms with Crippen LogP contribution >= 0.6 is 50.5 Å². The number of hydrogen-bond acceptors (Lipinski definition) is 4. The molecular formula is C11H6BrCl2F3N2OS. The normalized spacial score (nSPS) is 11.5. The third-order valence-corrected chi connectivity index (χ3v) is 4.08. The SMILES string of the molecule is FC(F)(F)Oc1cc(Br)cc(Cl)c1NCc1cnc(Cl)s1. The van der Waals surface area contributed by atoms with Crippen molar-refractivity contribution in [3.8, 4) is 5.75 Å². The Kier molecular flexibility index (Phi) is 5.24. The minimum atomic E-state index is -4.81. The highest BCUT2D eigenvalue weighted by atomic mass is 79.9. The topological polar surface area (TPSA) is 34.1 Å². The van der Waals surface area contributed by atoms with Crippen molar-refractivity contribution < 1.29 is 17.9 Å². The third kappa shape index (κ3) is 4.91. The molecule has 0 bridgehead atoms. The number of benzene rings is 1. The van der Waals surface area contributed by atoms with Crippen LogP contribution in [0.25, 0.3) is 0 Å². The maximum Gasteiger partial charge on any atom is 0.573 e. The minimum Gasteiger partial charge on any atom is -0.403 e. The molecule has 0 fully saturated rings. The molecule has 0 atom stereocenters. The maximum absolute atomic E-state index is 12.4. The number of nitrogens with one attached hydrogen (secondary N) is 1. The quantitative estimate of drug-likeness (QED) is 0.685. The number of anilines is 1. The summed E-state index contributed by atoms with van der Waals surface area (Å²) in [5.74, 6) is -0.419. The van der Waals surface area contributed by atoms with Gasteiger partial charge in [0.2, 0.25) is 0 Å². The summed E-state index contributed by atoms with van der Waals surface area (Å²) in [4.78, 5) is 4.59. The summed E-state index contributed by atoms with van der Waals surface area (Å²) in [7, 11) is 0. The molecule has 1 N–H and O–H groups in total. The fourth-order valence-corrected chi connectivity index (χ4v) is 3.23. The van der Waals surface area contributed by atoms with Crippen molar-refractivity contribution in [1.82, 2.24) is 4.98 Å². The van der Waals surface area contributed by atoms with Gasteiger partial charge in [-0.05, 0) is 12.1 Å². The van der Waals surface area contributed by atoms with Crippen LogP contribution in [0.4, 0.5) is 18.9 Å². The molecule has 3 nitrogen and oxygen atoms in total. The molecule has 1 heterocycles. The van der Waals surface area contributed by atoms with Gasteiger partial charge in [0.15, 0.2) is 10.2 Å². The number of halogens is 6. The maximum atomic E-state index is 12.4. The number of hydrogen-bond donors (Lipinski definition) is 1. The first kappa shape index (κ1) is 16.7. The van der Waals surface area contributed by atoms with E-state index in [-0.39, 0.29) is 17.3 Å². The molecule has 114 valence electrons. The van der Waals surface area contributed by atoms with Gasteiger partial charge in [0.05, 0.1) is 17.3 Å². The van der Waals surface area contributed by atoms with Crippen LogP contribution in [0.5, 0.6) is 5.75 Å². The van der Waals surface area contributed by atoms with E-state index in [0.717, 1.165) is 4.88 Å². The van der Waals surface area contributed by atoms with Crippen LogP contribution in [0.15, 0.2) is 22.8 Å². The second-order valence-electron chi connectivity index (χ2n) is 3.74. The molecule has 2 rings (SSSR count). The monoisotopic (exact) mass is 420 g/mol. The van der Waals surface area contributed by atoms with Crippen LogP contribution in [0.2, 0.25) is 9.49 Å². The van der Waals surface area contributed by atoms with Crippen molar-refractivity contribution >= 4 is 56.2 Å². The van der Waals surface area contributed by atoms with Gasteiger partial charge in [-0.3, -0.25) is 0 Å².